The van der Waals surface area contributed by atoms with E-state index in [2.05, 4.69) is 110 Å². The molecule has 14 aromatic rings. The van der Waals surface area contributed by atoms with Crippen LogP contribution in [0.5, 0.6) is 40.2 Å². The molecule has 0 saturated heterocycles. The average molecular weight is 2180 g/mol. The van der Waals surface area contributed by atoms with Gasteiger partial charge in [0.15, 0.2) is 5.69 Å². The maximum absolute atomic E-state index is 14.3. The van der Waals surface area contributed by atoms with Crippen LogP contribution in [0.15, 0.2) is 193 Å². The smallest absolute Gasteiger partial charge is 0.488 e. The number of rotatable bonds is 22. The predicted octanol–water partition coefficient (Wildman–Crippen LogP) is 12.7. The molecule has 0 spiro atoms. The first-order valence-corrected chi connectivity index (χ1v) is 38.2. The van der Waals surface area contributed by atoms with Gasteiger partial charge in [0.1, 0.15) is 44.5 Å². The van der Waals surface area contributed by atoms with E-state index in [0.717, 1.165) is 95.1 Å². The minimum Gasteiger partial charge on any atom is -0.551 e. The minimum absolute atomic E-state index is 0. The van der Waals surface area contributed by atoms with Crippen LogP contribution in [0.2, 0.25) is 5.02 Å². The van der Waals surface area contributed by atoms with Crippen molar-refractivity contribution in [2.45, 2.75) is 81.5 Å². The topological polar surface area (TPSA) is 315 Å². The quantitative estimate of drug-likeness (QED) is 0.0346. The minimum atomic E-state index is -0.470. The second kappa shape index (κ2) is 50.5. The number of aromatic nitrogens is 16. The van der Waals surface area contributed by atoms with Crippen molar-refractivity contribution in [3.63, 3.8) is 0 Å². The van der Waals surface area contributed by atoms with E-state index >= 15 is 0 Å². The molecule has 5 radical (unpaired) electrons. The van der Waals surface area contributed by atoms with Crippen LogP contribution in [-0.2, 0) is 225 Å². The zero-order valence-corrected chi connectivity index (χ0v) is 88.0. The molecule has 4 aromatic heterocycles. The van der Waals surface area contributed by atoms with Crippen LogP contribution in [0, 0.1) is 96.1 Å². The molecule has 2 amide bonds. The fourth-order valence-corrected chi connectivity index (χ4v) is 12.4. The van der Waals surface area contributed by atoms with E-state index < -0.39 is 17.2 Å². The van der Waals surface area contributed by atoms with Gasteiger partial charge in [0.25, 0.3) is 0 Å². The van der Waals surface area contributed by atoms with Crippen LogP contribution in [0.1, 0.15) is 73.7 Å². The van der Waals surface area contributed by atoms with Gasteiger partial charge in [-0.1, -0.05) is 116 Å². The number of carbonyl (C=O) groups excluding carboxylic acids is 1. The summed E-state index contributed by atoms with van der Waals surface area (Å²) in [5.74, 6) is 9.85. The van der Waals surface area contributed by atoms with Gasteiger partial charge in [-0.3, -0.25) is 0 Å². The van der Waals surface area contributed by atoms with Crippen LogP contribution in [0.3, 0.4) is 0 Å². The van der Waals surface area contributed by atoms with Gasteiger partial charge in [-0.2, -0.15) is 115 Å². The van der Waals surface area contributed by atoms with Crippen molar-refractivity contribution in [3.05, 3.63) is 330 Å². The SMILES string of the molecule is CC#Cc1cccc(-n2nnn(C)c2=O)c1COc1cc[c-]cc1OC.Cc1[c-]cc(C)c(OCc2c(Br)cccc2N2N=[N+](C)C2=O)c1.Cc1[c-]cc(C)c(OCc2c(Cl)cccc2-n2nnn(C)c2=O)c1.Cc1[c-]cc(C)c(OCc2c(F)cccc2-n2nnn(C)c2=O)c1.[C-]#[N+]c1cccc(-n2nnn(C)c2=O)c1COc1cc[c-]cc1OC.[Y].[Y].[Y].[Y].[Y]. The van der Waals surface area contributed by atoms with Gasteiger partial charge in [-0.15, -0.1) is 69.8 Å². The van der Waals surface area contributed by atoms with E-state index in [1.807, 2.05) is 108 Å². The molecular formula is C87H79BrClFN20O12Y5-4. The molecule has 0 aliphatic carbocycles. The zero-order chi connectivity index (χ0) is 87.4. The molecule has 1 aliphatic heterocycles. The molecule has 10 aromatic carbocycles. The van der Waals surface area contributed by atoms with Gasteiger partial charge < -0.3 is 33.2 Å². The van der Waals surface area contributed by atoms with Crippen molar-refractivity contribution in [1.29, 1.82) is 0 Å². The van der Waals surface area contributed by atoms with Gasteiger partial charge in [0, 0.05) is 263 Å². The number of methoxy groups -OCH3 is 2. The number of benzene rings is 10. The number of carbonyl (C=O) groups is 1. The number of amides is 2. The van der Waals surface area contributed by atoms with Gasteiger partial charge in [0.2, 0.25) is 0 Å². The van der Waals surface area contributed by atoms with E-state index in [1.165, 1.54) is 57.1 Å². The molecule has 0 fully saturated rings. The summed E-state index contributed by atoms with van der Waals surface area (Å²) in [4.78, 5) is 64.0. The summed E-state index contributed by atoms with van der Waals surface area (Å²) >= 11 is 9.85. The Hall–Kier alpha value is -9.38. The molecule has 40 heteroatoms. The Kier molecular flexibility index (Phi) is 42.3. The molecular weight excluding hydrogens is 2100 g/mol. The Morgan fingerprint density at radius 2 is 0.819 bits per heavy atom. The Morgan fingerprint density at radius 3 is 1.23 bits per heavy atom. The molecule has 0 unspecified atom stereocenters. The summed E-state index contributed by atoms with van der Waals surface area (Å²) in [6.07, 6.45) is 0. The molecule has 0 saturated carbocycles. The van der Waals surface area contributed by atoms with E-state index in [0.29, 0.717) is 79.9 Å². The zero-order valence-electron chi connectivity index (χ0n) is 71.5. The average Bonchev–Trinajstić information content (AvgIpc) is 1.74. The second-order valence-electron chi connectivity index (χ2n) is 26.8. The Labute approximate surface area is 869 Å². The van der Waals surface area contributed by atoms with Gasteiger partial charge in [-0.05, 0) is 103 Å². The summed E-state index contributed by atoms with van der Waals surface area (Å²) < 4.78 is 65.5. The third-order valence-corrected chi connectivity index (χ3v) is 19.4. The number of nitrogens with zero attached hydrogens (tertiary/aromatic N) is 20. The first kappa shape index (κ1) is 106. The summed E-state index contributed by atoms with van der Waals surface area (Å²) in [5, 5.41) is 36.2. The molecule has 1 aliphatic rings. The van der Waals surface area contributed by atoms with E-state index in [4.69, 9.17) is 51.3 Å². The molecule has 0 bridgehead atoms. The number of hydrogen-bond donors (Lipinski definition) is 0. The number of tetrazole rings is 4. The van der Waals surface area contributed by atoms with E-state index in [-0.39, 0.29) is 213 Å². The third kappa shape index (κ3) is 26.7. The molecule has 0 N–H and O–H groups in total. The molecule has 32 nitrogen and oxygen atoms in total. The van der Waals surface area contributed by atoms with Crippen molar-refractivity contribution in [2.24, 2.45) is 33.4 Å². The van der Waals surface area contributed by atoms with Crippen LogP contribution < -0.4 is 60.9 Å². The molecule has 15 rings (SSSR count). The van der Waals surface area contributed by atoms with Crippen molar-refractivity contribution < 1.29 is 211 Å². The van der Waals surface area contributed by atoms with E-state index in [9.17, 15) is 28.4 Å². The maximum atomic E-state index is 14.3. The fraction of sp³-hybridized carbons (Fsp3) is 0.218. The van der Waals surface area contributed by atoms with Crippen LogP contribution in [-0.4, -0.2) is 111 Å². The first-order chi connectivity index (χ1) is 58.7. The first-order valence-electron chi connectivity index (χ1n) is 37.0. The van der Waals surface area contributed by atoms with Crippen LogP contribution >= 0.6 is 27.5 Å². The number of halogens is 3. The summed E-state index contributed by atoms with van der Waals surface area (Å²) in [7, 11) is 10.8. The van der Waals surface area contributed by atoms with Crippen molar-refractivity contribution in [1.82, 2.24) is 79.2 Å². The van der Waals surface area contributed by atoms with Gasteiger partial charge in [0.05, 0.1) is 67.7 Å². The third-order valence-electron chi connectivity index (χ3n) is 18.3. The van der Waals surface area contributed by atoms with Crippen molar-refractivity contribution in [3.8, 4) is 74.8 Å². The standard InChI is InChI=1S/C19H17N4O3.C17H16BrN3O2.C17H16ClN4O2.C17H16FN4O2.C17H14N5O3.5Y/c1-4-8-14-9-7-10-16(23-19(24)22(2)20-21-23)15(14)13-26-18-12-6-5-11-17(18)25-3;1-11-7-8-12(2)16(9-11)23-10-13-14(18)5-4-6-15(13)21-17(22)20(3)19-21;2*1-11-7-8-12(2)16(9-11)24-10-13-14(18)5-4-6-15(13)22-17(23)21(3)19-20-22;1-18-13-7-6-8-14(22-17(23)21(2)19-20-22)12(13)11-25-16-10-5-4-9-15(16)24-3;;;;;/h6-7,9-12H,13H2,1-3H3;4-6,8-9H,10H2,1-3H3;2*4-6,8-9H,10H2,1-3H3;5-10H,11H2,2-3H3;;;;;/q-1;;3*-1;;;;;. The van der Waals surface area contributed by atoms with Gasteiger partial charge >= 0.3 is 28.8 Å². The Bertz CT molecular complexity index is 6440. The van der Waals surface area contributed by atoms with Crippen LogP contribution in [0.4, 0.5) is 20.6 Å². The number of hydrogen-bond acceptors (Lipinski definition) is 21. The summed E-state index contributed by atoms with van der Waals surface area (Å²) in [6, 6.07) is 62.5. The number of ether oxygens (including phenoxy) is 7. The van der Waals surface area contributed by atoms with E-state index in [1.54, 1.807) is 120 Å². The van der Waals surface area contributed by atoms with Gasteiger partial charge in [-0.25, -0.2) is 33.2 Å². The molecule has 127 heavy (non-hydrogen) atoms. The largest absolute Gasteiger partial charge is 0.551 e. The second-order valence-corrected chi connectivity index (χ2v) is 28.0. The Balaban J connectivity index is 0.000000243. The predicted molar refractivity (Wildman–Crippen MR) is 450 cm³/mol. The number of urea groups is 1. The molecule has 0 atom stereocenters. The summed E-state index contributed by atoms with van der Waals surface area (Å²) in [6.45, 7) is 21.5. The number of aryl methyl sites for hydroxylation is 10. The molecule has 5 heterocycles. The molecule has 639 valence electrons. The number of anilines is 1. The summed E-state index contributed by atoms with van der Waals surface area (Å²) in [5.41, 5.74) is 11.1. The normalized spacial score (nSPS) is 10.7. The van der Waals surface area contributed by atoms with Crippen molar-refractivity contribution in [2.75, 3.05) is 26.3 Å². The Morgan fingerprint density at radius 1 is 0.457 bits per heavy atom. The van der Waals surface area contributed by atoms with Crippen LogP contribution in [0.25, 0.3) is 27.6 Å². The fourth-order valence-electron chi connectivity index (χ4n) is 11.7. The maximum Gasteiger partial charge on any atom is 0.488 e. The van der Waals surface area contributed by atoms with Crippen molar-refractivity contribution >= 4 is 44.9 Å². The monoisotopic (exact) mass is 2170 g/mol.